The van der Waals surface area contributed by atoms with Gasteiger partial charge in [0.05, 0.1) is 17.6 Å². The lowest BCUT2D eigenvalue weighted by Gasteiger charge is -2.14. The summed E-state index contributed by atoms with van der Waals surface area (Å²) in [4.78, 5) is 38.0. The molecule has 1 fully saturated rings. The van der Waals surface area contributed by atoms with Gasteiger partial charge >= 0.3 is 5.97 Å². The lowest BCUT2D eigenvalue weighted by atomic mass is 10.1. The number of carbonyl (C=O) groups excluding carboxylic acids is 3. The van der Waals surface area contributed by atoms with E-state index in [-0.39, 0.29) is 23.4 Å². The third kappa shape index (κ3) is 6.60. The van der Waals surface area contributed by atoms with Gasteiger partial charge in [0.1, 0.15) is 19.0 Å². The van der Waals surface area contributed by atoms with Crippen LogP contribution in [0.3, 0.4) is 0 Å². The van der Waals surface area contributed by atoms with Crippen LogP contribution in [0.4, 0.5) is 9.18 Å². The summed E-state index contributed by atoms with van der Waals surface area (Å²) in [7, 11) is 0. The van der Waals surface area contributed by atoms with Crippen molar-refractivity contribution in [3.05, 3.63) is 62.7 Å². The summed E-state index contributed by atoms with van der Waals surface area (Å²) >= 11 is 4.22. The molecule has 0 aromatic heterocycles. The molecule has 2 aromatic carbocycles. The lowest BCUT2D eigenvalue weighted by molar-refractivity contribution is -0.149. The maximum absolute atomic E-state index is 13.1. The second-order valence-electron chi connectivity index (χ2n) is 7.48. The third-order valence-corrected chi connectivity index (χ3v) is 6.08. The van der Waals surface area contributed by atoms with Crippen molar-refractivity contribution < 1.29 is 33.0 Å². The number of nitrogens with zero attached hydrogens (tertiary/aromatic N) is 1. The lowest BCUT2D eigenvalue weighted by Crippen LogP contribution is -2.35. The Bertz CT molecular complexity index is 1120. The molecule has 1 aliphatic heterocycles. The summed E-state index contributed by atoms with van der Waals surface area (Å²) in [5.74, 6) is -0.649. The third-order valence-electron chi connectivity index (χ3n) is 4.49. The van der Waals surface area contributed by atoms with Crippen LogP contribution in [0.15, 0.2) is 45.8 Å². The fraction of sp³-hybridized carbons (Fsp3) is 0.292. The van der Waals surface area contributed by atoms with Crippen LogP contribution >= 0.6 is 27.7 Å². The number of amides is 2. The van der Waals surface area contributed by atoms with Gasteiger partial charge in [-0.25, -0.2) is 4.39 Å². The number of ether oxygens (including phenoxy) is 3. The first-order valence-electron chi connectivity index (χ1n) is 10.5. The van der Waals surface area contributed by atoms with E-state index in [9.17, 15) is 18.8 Å². The van der Waals surface area contributed by atoms with Gasteiger partial charge < -0.3 is 14.2 Å². The van der Waals surface area contributed by atoms with E-state index in [1.807, 2.05) is 6.92 Å². The highest BCUT2D eigenvalue weighted by molar-refractivity contribution is 9.10. The van der Waals surface area contributed by atoms with Crippen LogP contribution in [0.1, 0.15) is 31.9 Å². The van der Waals surface area contributed by atoms with Gasteiger partial charge in [0.15, 0.2) is 11.5 Å². The van der Waals surface area contributed by atoms with E-state index in [4.69, 9.17) is 14.2 Å². The number of hydrogen-bond acceptors (Lipinski definition) is 7. The zero-order chi connectivity index (χ0) is 24.8. The summed E-state index contributed by atoms with van der Waals surface area (Å²) in [6.45, 7) is 5.34. The standard InChI is InChI=1S/C24H23BrFNO6S/c1-4-31-19-9-16(18(25)11-20(19)32-13-15-5-7-17(26)8-6-15)10-21-23(29)27(24(30)34-21)12-22(28)33-14(2)3/h5-11,14H,4,12-13H2,1-3H3/b21-10+. The van der Waals surface area contributed by atoms with Gasteiger partial charge in [0.25, 0.3) is 11.1 Å². The van der Waals surface area contributed by atoms with Crippen molar-refractivity contribution in [2.45, 2.75) is 33.5 Å². The van der Waals surface area contributed by atoms with Gasteiger partial charge in [-0.1, -0.05) is 28.1 Å². The Morgan fingerprint density at radius 2 is 1.82 bits per heavy atom. The highest BCUT2D eigenvalue weighted by Crippen LogP contribution is 2.38. The molecule has 2 amide bonds. The smallest absolute Gasteiger partial charge is 0.326 e. The number of halogens is 2. The first kappa shape index (κ1) is 25.8. The van der Waals surface area contributed by atoms with Crippen LogP contribution in [0.25, 0.3) is 6.08 Å². The van der Waals surface area contributed by atoms with Gasteiger partial charge in [-0.2, -0.15) is 0 Å². The van der Waals surface area contributed by atoms with Crippen molar-refractivity contribution in [1.29, 1.82) is 0 Å². The van der Waals surface area contributed by atoms with E-state index in [2.05, 4.69) is 15.9 Å². The van der Waals surface area contributed by atoms with E-state index in [1.54, 1.807) is 44.2 Å². The van der Waals surface area contributed by atoms with Gasteiger partial charge in [-0.15, -0.1) is 0 Å². The summed E-state index contributed by atoms with van der Waals surface area (Å²) in [6, 6.07) is 9.37. The van der Waals surface area contributed by atoms with Crippen molar-refractivity contribution in [3.63, 3.8) is 0 Å². The van der Waals surface area contributed by atoms with Crippen LogP contribution in [-0.4, -0.2) is 41.3 Å². The molecule has 10 heteroatoms. The second kappa shape index (κ2) is 11.5. The molecule has 0 saturated carbocycles. The van der Waals surface area contributed by atoms with Crippen LogP contribution in [0.5, 0.6) is 11.5 Å². The van der Waals surface area contributed by atoms with Gasteiger partial charge in [0.2, 0.25) is 0 Å². The second-order valence-corrected chi connectivity index (χ2v) is 9.32. The molecule has 0 unspecified atom stereocenters. The van der Waals surface area contributed by atoms with Crippen molar-refractivity contribution >= 4 is 50.9 Å². The zero-order valence-electron chi connectivity index (χ0n) is 18.8. The molecule has 180 valence electrons. The first-order valence-corrected chi connectivity index (χ1v) is 12.1. The topological polar surface area (TPSA) is 82.1 Å². The molecule has 0 bridgehead atoms. The Labute approximate surface area is 209 Å². The highest BCUT2D eigenvalue weighted by atomic mass is 79.9. The van der Waals surface area contributed by atoms with E-state index < -0.39 is 23.7 Å². The quantitative estimate of drug-likeness (QED) is 0.298. The molecule has 0 radical (unpaired) electrons. The van der Waals surface area contributed by atoms with Crippen molar-refractivity contribution in [3.8, 4) is 11.5 Å². The number of carbonyl (C=O) groups is 3. The predicted molar refractivity (Wildman–Crippen MR) is 130 cm³/mol. The first-order chi connectivity index (χ1) is 16.2. The Morgan fingerprint density at radius 3 is 2.47 bits per heavy atom. The fourth-order valence-corrected chi connectivity index (χ4v) is 4.26. The summed E-state index contributed by atoms with van der Waals surface area (Å²) in [5.41, 5.74) is 1.38. The predicted octanol–water partition coefficient (Wildman–Crippen LogP) is 5.55. The van der Waals surface area contributed by atoms with Crippen molar-refractivity contribution in [1.82, 2.24) is 4.90 Å². The monoisotopic (exact) mass is 551 g/mol. The molecule has 1 saturated heterocycles. The Morgan fingerprint density at radius 1 is 1.15 bits per heavy atom. The van der Waals surface area contributed by atoms with E-state index in [0.717, 1.165) is 22.2 Å². The molecule has 0 spiro atoms. The van der Waals surface area contributed by atoms with Crippen LogP contribution in [-0.2, 0) is 20.9 Å². The summed E-state index contributed by atoms with van der Waals surface area (Å²) in [5, 5.41) is -0.544. The minimum atomic E-state index is -0.652. The molecule has 0 N–H and O–H groups in total. The largest absolute Gasteiger partial charge is 0.490 e. The number of benzene rings is 2. The van der Waals surface area contributed by atoms with Crippen LogP contribution in [0, 0.1) is 5.82 Å². The van der Waals surface area contributed by atoms with Crippen LogP contribution in [0.2, 0.25) is 0 Å². The molecule has 0 atom stereocenters. The zero-order valence-corrected chi connectivity index (χ0v) is 21.2. The maximum atomic E-state index is 13.1. The molecule has 1 heterocycles. The van der Waals surface area contributed by atoms with Gasteiger partial charge in [-0.05, 0) is 74.0 Å². The SMILES string of the molecule is CCOc1cc(/C=C2/SC(=O)N(CC(=O)OC(C)C)C2=O)c(Br)cc1OCc1ccc(F)cc1. The van der Waals surface area contributed by atoms with Gasteiger partial charge in [-0.3, -0.25) is 19.3 Å². The van der Waals surface area contributed by atoms with Crippen LogP contribution < -0.4 is 9.47 Å². The molecule has 34 heavy (non-hydrogen) atoms. The molecular formula is C24H23BrFNO6S. The summed E-state index contributed by atoms with van der Waals surface area (Å²) < 4.78 is 30.3. The molecule has 0 aliphatic carbocycles. The maximum Gasteiger partial charge on any atom is 0.326 e. The number of hydrogen-bond donors (Lipinski definition) is 0. The molecule has 2 aromatic rings. The highest BCUT2D eigenvalue weighted by Gasteiger charge is 2.37. The summed E-state index contributed by atoms with van der Waals surface area (Å²) in [6.07, 6.45) is 1.20. The minimum absolute atomic E-state index is 0.172. The Hall–Kier alpha value is -2.85. The molecular weight excluding hydrogens is 529 g/mol. The number of esters is 1. The molecule has 3 rings (SSSR count). The minimum Gasteiger partial charge on any atom is -0.490 e. The van der Waals surface area contributed by atoms with Crippen molar-refractivity contribution in [2.75, 3.05) is 13.2 Å². The number of imide groups is 1. The Balaban J connectivity index is 1.80. The van der Waals surface area contributed by atoms with E-state index in [0.29, 0.717) is 28.1 Å². The normalized spacial score (nSPS) is 14.8. The average Bonchev–Trinajstić information content (AvgIpc) is 3.03. The van der Waals surface area contributed by atoms with E-state index in [1.165, 1.54) is 12.1 Å². The average molecular weight is 552 g/mol. The molecule has 1 aliphatic rings. The Kier molecular flexibility index (Phi) is 8.73. The van der Waals surface area contributed by atoms with Gasteiger partial charge in [0, 0.05) is 4.47 Å². The number of rotatable bonds is 9. The molecule has 7 nitrogen and oxygen atoms in total. The number of thioether (sulfide) groups is 1. The van der Waals surface area contributed by atoms with E-state index >= 15 is 0 Å². The fourth-order valence-electron chi connectivity index (χ4n) is 2.99. The van der Waals surface area contributed by atoms with Crippen molar-refractivity contribution in [2.24, 2.45) is 0 Å².